The topological polar surface area (TPSA) is 27.8 Å². The van der Waals surface area contributed by atoms with E-state index in [1.165, 1.54) is 10.9 Å². The molecule has 17 heavy (non-hydrogen) atoms. The number of terminal acetylenes is 1. The number of hydrogen-bond donors (Lipinski definition) is 2. The summed E-state index contributed by atoms with van der Waals surface area (Å²) in [5, 5.41) is 5.24. The molecule has 3 heteroatoms. The first-order valence-electron chi connectivity index (χ1n) is 5.50. The van der Waals surface area contributed by atoms with Gasteiger partial charge in [0.05, 0.1) is 5.54 Å². The number of halogens is 1. The van der Waals surface area contributed by atoms with Gasteiger partial charge < -0.3 is 4.98 Å². The lowest BCUT2D eigenvalue weighted by molar-refractivity contribution is 0.492. The molecule has 0 bridgehead atoms. The summed E-state index contributed by atoms with van der Waals surface area (Å²) in [6.07, 6.45) is 7.43. The normalized spacial score (nSPS) is 11.6. The fraction of sp³-hybridized carbons (Fsp3) is 0.286. The Balaban J connectivity index is 2.23. The van der Waals surface area contributed by atoms with Crippen LogP contribution in [0.25, 0.3) is 10.9 Å². The van der Waals surface area contributed by atoms with Gasteiger partial charge in [-0.2, -0.15) is 0 Å². The number of H-pyrrole nitrogens is 1. The highest BCUT2D eigenvalue weighted by Crippen LogP contribution is 2.22. The van der Waals surface area contributed by atoms with Crippen molar-refractivity contribution in [3.05, 3.63) is 35.0 Å². The largest absolute Gasteiger partial charge is 0.361 e. The maximum absolute atomic E-state index is 5.94. The van der Waals surface area contributed by atoms with E-state index in [1.54, 1.807) is 0 Å². The molecule has 2 N–H and O–H groups in total. The summed E-state index contributed by atoms with van der Waals surface area (Å²) in [5.74, 6) is 2.72. The van der Waals surface area contributed by atoms with Crippen molar-refractivity contribution in [1.29, 1.82) is 0 Å². The molecule has 2 aromatic rings. The van der Waals surface area contributed by atoms with Gasteiger partial charge in [-0.1, -0.05) is 23.6 Å². The Hall–Kier alpha value is -1.43. The van der Waals surface area contributed by atoms with Crippen LogP contribution in [0, 0.1) is 12.3 Å². The maximum Gasteiger partial charge on any atom is 0.0743 e. The molecule has 2 rings (SSSR count). The lowest BCUT2D eigenvalue weighted by Gasteiger charge is -2.19. The van der Waals surface area contributed by atoms with Crippen LogP contribution in [0.5, 0.6) is 0 Å². The molecule has 0 spiro atoms. The number of hydrogen-bond acceptors (Lipinski definition) is 1. The lowest BCUT2D eigenvalue weighted by Crippen LogP contribution is -2.36. The van der Waals surface area contributed by atoms with E-state index in [4.69, 9.17) is 18.0 Å². The molecule has 1 heterocycles. The molecule has 0 aliphatic heterocycles. The maximum atomic E-state index is 5.94. The van der Waals surface area contributed by atoms with Crippen LogP contribution in [-0.4, -0.2) is 10.5 Å². The summed E-state index contributed by atoms with van der Waals surface area (Å²) in [6, 6.07) is 5.84. The predicted molar refractivity (Wildman–Crippen MR) is 73.1 cm³/mol. The van der Waals surface area contributed by atoms with Crippen LogP contribution in [0.3, 0.4) is 0 Å². The molecule has 0 atom stereocenters. The predicted octanol–water partition coefficient (Wildman–Crippen LogP) is 3.32. The average molecular weight is 247 g/mol. The molecule has 0 fully saturated rings. The van der Waals surface area contributed by atoms with Crippen LogP contribution in [0.2, 0.25) is 5.02 Å². The molecule has 0 aliphatic rings. The Morgan fingerprint density at radius 2 is 2.24 bits per heavy atom. The zero-order chi connectivity index (χ0) is 12.5. The number of fused-ring (bicyclic) bond motifs is 1. The van der Waals surface area contributed by atoms with E-state index in [-0.39, 0.29) is 5.54 Å². The average Bonchev–Trinajstić information content (AvgIpc) is 2.69. The van der Waals surface area contributed by atoms with Gasteiger partial charge in [-0.25, -0.2) is 0 Å². The van der Waals surface area contributed by atoms with Gasteiger partial charge in [-0.05, 0) is 31.5 Å². The molecule has 0 saturated heterocycles. The third-order valence-corrected chi connectivity index (χ3v) is 3.05. The summed E-state index contributed by atoms with van der Waals surface area (Å²) in [6.45, 7) is 4.70. The first-order chi connectivity index (χ1) is 8.02. The minimum absolute atomic E-state index is 0.296. The molecule has 2 nitrogen and oxygen atoms in total. The number of benzene rings is 1. The van der Waals surface area contributed by atoms with Crippen LogP contribution >= 0.6 is 11.6 Å². The molecule has 0 unspecified atom stereocenters. The molecular formula is C14H15ClN2. The highest BCUT2D eigenvalue weighted by atomic mass is 35.5. The fourth-order valence-electron chi connectivity index (χ4n) is 1.67. The van der Waals surface area contributed by atoms with Crippen LogP contribution < -0.4 is 5.32 Å². The van der Waals surface area contributed by atoms with E-state index < -0.39 is 0 Å². The van der Waals surface area contributed by atoms with E-state index in [0.717, 1.165) is 17.1 Å². The summed E-state index contributed by atoms with van der Waals surface area (Å²) in [7, 11) is 0. The monoisotopic (exact) mass is 246 g/mol. The smallest absolute Gasteiger partial charge is 0.0743 e. The highest BCUT2D eigenvalue weighted by Gasteiger charge is 2.13. The summed E-state index contributed by atoms with van der Waals surface area (Å²) in [5.41, 5.74) is 1.95. The van der Waals surface area contributed by atoms with Gasteiger partial charge in [-0.15, -0.1) is 6.42 Å². The van der Waals surface area contributed by atoms with Gasteiger partial charge in [0.1, 0.15) is 0 Å². The number of aromatic nitrogens is 1. The first-order valence-corrected chi connectivity index (χ1v) is 5.88. The molecular weight excluding hydrogens is 232 g/mol. The fourth-order valence-corrected chi connectivity index (χ4v) is 1.84. The quantitative estimate of drug-likeness (QED) is 0.799. The molecule has 0 saturated carbocycles. The SMILES string of the molecule is C#CC(C)(C)NCc1c[nH]c2cc(Cl)ccc12. The van der Waals surface area contributed by atoms with Gasteiger partial charge in [0, 0.05) is 28.7 Å². The number of rotatable bonds is 3. The van der Waals surface area contributed by atoms with Crippen molar-refractivity contribution in [3.8, 4) is 12.3 Å². The van der Waals surface area contributed by atoms with Gasteiger partial charge in [0.2, 0.25) is 0 Å². The van der Waals surface area contributed by atoms with Crippen molar-refractivity contribution in [2.45, 2.75) is 25.9 Å². The van der Waals surface area contributed by atoms with E-state index >= 15 is 0 Å². The first kappa shape index (κ1) is 12.0. The standard InChI is InChI=1S/C14H15ClN2/c1-4-14(2,3)17-9-10-8-16-13-7-11(15)5-6-12(10)13/h1,5-8,16-17H,9H2,2-3H3. The molecule has 88 valence electrons. The summed E-state index contributed by atoms with van der Waals surface area (Å²) in [4.78, 5) is 3.21. The van der Waals surface area contributed by atoms with Gasteiger partial charge in [-0.3, -0.25) is 5.32 Å². The molecule has 0 aliphatic carbocycles. The Morgan fingerprint density at radius 1 is 1.47 bits per heavy atom. The molecule has 1 aromatic heterocycles. The molecule has 0 amide bonds. The highest BCUT2D eigenvalue weighted by molar-refractivity contribution is 6.31. The van der Waals surface area contributed by atoms with E-state index in [1.807, 2.05) is 38.2 Å². The Kier molecular flexibility index (Phi) is 3.15. The third kappa shape index (κ3) is 2.63. The zero-order valence-electron chi connectivity index (χ0n) is 9.97. The van der Waals surface area contributed by atoms with Crippen molar-refractivity contribution in [2.75, 3.05) is 0 Å². The number of aromatic amines is 1. The van der Waals surface area contributed by atoms with Crippen LogP contribution in [0.15, 0.2) is 24.4 Å². The van der Waals surface area contributed by atoms with Crippen LogP contribution in [0.4, 0.5) is 0 Å². The Labute approximate surface area is 106 Å². The van der Waals surface area contributed by atoms with Crippen molar-refractivity contribution in [1.82, 2.24) is 10.3 Å². The van der Waals surface area contributed by atoms with E-state index in [2.05, 4.69) is 16.2 Å². The van der Waals surface area contributed by atoms with Crippen LogP contribution in [-0.2, 0) is 6.54 Å². The minimum atomic E-state index is -0.296. The second-order valence-electron chi connectivity index (χ2n) is 4.63. The van der Waals surface area contributed by atoms with Crippen molar-refractivity contribution in [3.63, 3.8) is 0 Å². The molecule has 0 radical (unpaired) electrons. The van der Waals surface area contributed by atoms with Gasteiger partial charge >= 0.3 is 0 Å². The summed E-state index contributed by atoms with van der Waals surface area (Å²) < 4.78 is 0. The molecule has 1 aromatic carbocycles. The van der Waals surface area contributed by atoms with E-state index in [0.29, 0.717) is 0 Å². The summed E-state index contributed by atoms with van der Waals surface area (Å²) >= 11 is 5.94. The van der Waals surface area contributed by atoms with Crippen molar-refractivity contribution in [2.24, 2.45) is 0 Å². The second-order valence-corrected chi connectivity index (χ2v) is 5.06. The van der Waals surface area contributed by atoms with E-state index in [9.17, 15) is 0 Å². The van der Waals surface area contributed by atoms with Gasteiger partial charge in [0.25, 0.3) is 0 Å². The van der Waals surface area contributed by atoms with Gasteiger partial charge in [0.15, 0.2) is 0 Å². The Morgan fingerprint density at radius 3 is 2.94 bits per heavy atom. The third-order valence-electron chi connectivity index (χ3n) is 2.81. The Bertz CT molecular complexity index is 575. The van der Waals surface area contributed by atoms with Crippen molar-refractivity contribution >= 4 is 22.5 Å². The zero-order valence-corrected chi connectivity index (χ0v) is 10.7. The second kappa shape index (κ2) is 4.44. The minimum Gasteiger partial charge on any atom is -0.361 e. The lowest BCUT2D eigenvalue weighted by atomic mass is 10.1. The van der Waals surface area contributed by atoms with Crippen molar-refractivity contribution < 1.29 is 0 Å². The van der Waals surface area contributed by atoms with Crippen LogP contribution in [0.1, 0.15) is 19.4 Å². The number of nitrogens with one attached hydrogen (secondary N) is 2.